The molecule has 0 bridgehead atoms. The first-order valence-electron chi connectivity index (χ1n) is 5.83. The number of halogens is 2. The first-order chi connectivity index (χ1) is 9.47. The lowest BCUT2D eigenvalue weighted by atomic mass is 10.1. The number of nitrogens with one attached hydrogen (secondary N) is 1. The Labute approximate surface area is 121 Å². The van der Waals surface area contributed by atoms with Gasteiger partial charge >= 0.3 is 0 Å². The monoisotopic (exact) mass is 314 g/mol. The zero-order valence-corrected chi connectivity index (χ0v) is 12.0. The van der Waals surface area contributed by atoms with Gasteiger partial charge in [0.2, 0.25) is 10.0 Å². The average molecular weight is 315 g/mol. The summed E-state index contributed by atoms with van der Waals surface area (Å²) in [6, 6.07) is 8.71. The summed E-state index contributed by atoms with van der Waals surface area (Å²) in [5.41, 5.74) is 0.850. The van der Waals surface area contributed by atoms with E-state index in [9.17, 15) is 12.8 Å². The first kappa shape index (κ1) is 14.9. The maximum absolute atomic E-state index is 12.7. The van der Waals surface area contributed by atoms with Gasteiger partial charge in [-0.15, -0.1) is 0 Å². The fraction of sp³-hybridized carbons (Fsp3) is 0.154. The van der Waals surface area contributed by atoms with Gasteiger partial charge in [0.25, 0.3) is 0 Å². The normalized spacial score (nSPS) is 11.5. The zero-order chi connectivity index (χ0) is 14.6. The highest BCUT2D eigenvalue weighted by Gasteiger charge is 2.13. The van der Waals surface area contributed by atoms with Crippen molar-refractivity contribution in [2.75, 3.05) is 6.54 Å². The molecule has 7 heteroatoms. The van der Waals surface area contributed by atoms with Crippen LogP contribution in [-0.4, -0.2) is 19.9 Å². The van der Waals surface area contributed by atoms with Crippen LogP contribution in [0.25, 0.3) is 0 Å². The van der Waals surface area contributed by atoms with Gasteiger partial charge in [0.15, 0.2) is 0 Å². The van der Waals surface area contributed by atoms with Crippen molar-refractivity contribution in [3.05, 3.63) is 59.1 Å². The number of nitrogens with zero attached hydrogens (tertiary/aromatic N) is 1. The van der Waals surface area contributed by atoms with Crippen molar-refractivity contribution >= 4 is 21.6 Å². The smallest absolute Gasteiger partial charge is 0.242 e. The highest BCUT2D eigenvalue weighted by Crippen LogP contribution is 2.10. The summed E-state index contributed by atoms with van der Waals surface area (Å²) in [5, 5.41) is 0.232. The largest absolute Gasteiger partial charge is 0.243 e. The van der Waals surface area contributed by atoms with E-state index in [-0.39, 0.29) is 22.4 Å². The second-order valence-electron chi connectivity index (χ2n) is 4.09. The fourth-order valence-corrected chi connectivity index (χ4v) is 2.67. The van der Waals surface area contributed by atoms with E-state index in [2.05, 4.69) is 9.71 Å². The van der Waals surface area contributed by atoms with E-state index in [1.165, 1.54) is 30.5 Å². The molecule has 0 radical (unpaired) electrons. The SMILES string of the molecule is O=S(=O)(NCCc1ccc(F)cc1)c1ccc(Cl)nc1. The van der Waals surface area contributed by atoms with Crippen molar-refractivity contribution in [1.82, 2.24) is 9.71 Å². The Hall–Kier alpha value is -1.50. The molecule has 1 aromatic heterocycles. The van der Waals surface area contributed by atoms with Gasteiger partial charge in [0.1, 0.15) is 15.9 Å². The summed E-state index contributed by atoms with van der Waals surface area (Å²) in [6.07, 6.45) is 1.67. The van der Waals surface area contributed by atoms with Gasteiger partial charge in [-0.3, -0.25) is 0 Å². The van der Waals surface area contributed by atoms with E-state index in [4.69, 9.17) is 11.6 Å². The van der Waals surface area contributed by atoms with E-state index in [1.54, 1.807) is 12.1 Å². The maximum atomic E-state index is 12.7. The van der Waals surface area contributed by atoms with Crippen molar-refractivity contribution in [1.29, 1.82) is 0 Å². The number of benzene rings is 1. The lowest BCUT2D eigenvalue weighted by molar-refractivity contribution is 0.581. The minimum atomic E-state index is -3.60. The van der Waals surface area contributed by atoms with Gasteiger partial charge in [0.05, 0.1) is 0 Å². The van der Waals surface area contributed by atoms with Crippen LogP contribution < -0.4 is 4.72 Å². The molecule has 0 aliphatic heterocycles. The third-order valence-electron chi connectivity index (χ3n) is 2.63. The third kappa shape index (κ3) is 4.00. The Morgan fingerprint density at radius 3 is 2.45 bits per heavy atom. The number of hydrogen-bond acceptors (Lipinski definition) is 3. The summed E-state index contributed by atoms with van der Waals surface area (Å²) in [6.45, 7) is 0.219. The van der Waals surface area contributed by atoms with Crippen molar-refractivity contribution < 1.29 is 12.8 Å². The van der Waals surface area contributed by atoms with Crippen molar-refractivity contribution in [3.63, 3.8) is 0 Å². The van der Waals surface area contributed by atoms with Crippen molar-refractivity contribution in [3.8, 4) is 0 Å². The Morgan fingerprint density at radius 1 is 1.15 bits per heavy atom. The molecule has 0 amide bonds. The van der Waals surface area contributed by atoms with Crippen LogP contribution in [0.3, 0.4) is 0 Å². The topological polar surface area (TPSA) is 59.1 Å². The second-order valence-corrected chi connectivity index (χ2v) is 6.25. The van der Waals surface area contributed by atoms with Gasteiger partial charge < -0.3 is 0 Å². The summed E-state index contributed by atoms with van der Waals surface area (Å²) in [7, 11) is -3.60. The molecule has 0 fully saturated rings. The van der Waals surface area contributed by atoms with E-state index >= 15 is 0 Å². The van der Waals surface area contributed by atoms with E-state index in [1.807, 2.05) is 0 Å². The Morgan fingerprint density at radius 2 is 1.85 bits per heavy atom. The molecule has 1 aromatic carbocycles. The minimum Gasteiger partial charge on any atom is -0.243 e. The molecule has 0 unspecified atom stereocenters. The lowest BCUT2D eigenvalue weighted by Gasteiger charge is -2.06. The Kier molecular flexibility index (Phi) is 4.69. The highest BCUT2D eigenvalue weighted by molar-refractivity contribution is 7.89. The van der Waals surface area contributed by atoms with E-state index in [0.717, 1.165) is 5.56 Å². The van der Waals surface area contributed by atoms with E-state index < -0.39 is 10.0 Å². The third-order valence-corrected chi connectivity index (χ3v) is 4.30. The summed E-state index contributed by atoms with van der Waals surface area (Å²) in [4.78, 5) is 3.78. The van der Waals surface area contributed by atoms with Crippen LogP contribution in [0.15, 0.2) is 47.5 Å². The fourth-order valence-electron chi connectivity index (χ4n) is 1.59. The van der Waals surface area contributed by atoms with Crippen LogP contribution in [0, 0.1) is 5.82 Å². The molecule has 2 aromatic rings. The number of rotatable bonds is 5. The van der Waals surface area contributed by atoms with Gasteiger partial charge in [-0.25, -0.2) is 22.5 Å². The molecule has 0 atom stereocenters. The number of hydrogen-bond donors (Lipinski definition) is 1. The van der Waals surface area contributed by atoms with Crippen LogP contribution in [0.5, 0.6) is 0 Å². The van der Waals surface area contributed by atoms with Crippen LogP contribution >= 0.6 is 11.6 Å². The molecule has 0 saturated carbocycles. The quantitative estimate of drug-likeness (QED) is 0.862. The highest BCUT2D eigenvalue weighted by atomic mass is 35.5. The molecule has 106 valence electrons. The zero-order valence-electron chi connectivity index (χ0n) is 10.4. The molecule has 1 heterocycles. The van der Waals surface area contributed by atoms with Gasteiger partial charge in [-0.1, -0.05) is 23.7 Å². The van der Waals surface area contributed by atoms with E-state index in [0.29, 0.717) is 6.42 Å². The number of aromatic nitrogens is 1. The second kappa shape index (κ2) is 6.30. The standard InChI is InChI=1S/C13H12ClFN2O2S/c14-13-6-5-12(9-16-13)20(18,19)17-8-7-10-1-3-11(15)4-2-10/h1-6,9,17H,7-8H2. The average Bonchev–Trinajstić information content (AvgIpc) is 2.41. The number of sulfonamides is 1. The van der Waals surface area contributed by atoms with Gasteiger partial charge in [-0.05, 0) is 36.2 Å². The van der Waals surface area contributed by atoms with Gasteiger partial charge in [-0.2, -0.15) is 0 Å². The molecule has 0 aliphatic rings. The summed E-state index contributed by atoms with van der Waals surface area (Å²) < 4.78 is 39.0. The first-order valence-corrected chi connectivity index (χ1v) is 7.69. The summed E-state index contributed by atoms with van der Waals surface area (Å²) >= 11 is 5.60. The molecular weight excluding hydrogens is 303 g/mol. The number of pyridine rings is 1. The molecule has 1 N–H and O–H groups in total. The van der Waals surface area contributed by atoms with Crippen LogP contribution in [0.1, 0.15) is 5.56 Å². The molecule has 2 rings (SSSR count). The minimum absolute atomic E-state index is 0.0565. The summed E-state index contributed by atoms with van der Waals surface area (Å²) in [5.74, 6) is -0.318. The lowest BCUT2D eigenvalue weighted by Crippen LogP contribution is -2.26. The molecule has 4 nitrogen and oxygen atoms in total. The molecule has 0 saturated heterocycles. The predicted octanol–water partition coefficient (Wildman–Crippen LogP) is 2.40. The predicted molar refractivity (Wildman–Crippen MR) is 74.5 cm³/mol. The molecular formula is C13H12ClFN2O2S. The van der Waals surface area contributed by atoms with Gasteiger partial charge in [0, 0.05) is 12.7 Å². The Bertz CT molecular complexity index is 673. The molecule has 0 aliphatic carbocycles. The maximum Gasteiger partial charge on any atom is 0.242 e. The molecule has 20 heavy (non-hydrogen) atoms. The Balaban J connectivity index is 1.96. The van der Waals surface area contributed by atoms with Crippen LogP contribution in [0.4, 0.5) is 4.39 Å². The molecule has 0 spiro atoms. The van der Waals surface area contributed by atoms with Crippen molar-refractivity contribution in [2.24, 2.45) is 0 Å². The van der Waals surface area contributed by atoms with Crippen LogP contribution in [-0.2, 0) is 16.4 Å². The van der Waals surface area contributed by atoms with Crippen LogP contribution in [0.2, 0.25) is 5.15 Å². The van der Waals surface area contributed by atoms with Crippen molar-refractivity contribution in [2.45, 2.75) is 11.3 Å².